The van der Waals surface area contributed by atoms with Crippen LogP contribution in [0.15, 0.2) is 0 Å². The van der Waals surface area contributed by atoms with E-state index < -0.39 is 0 Å². The van der Waals surface area contributed by atoms with Crippen molar-refractivity contribution >= 4 is 0 Å². The summed E-state index contributed by atoms with van der Waals surface area (Å²) in [5.74, 6) is 0.740. The maximum Gasteiger partial charge on any atom is 0.00469 e. The smallest absolute Gasteiger partial charge is 0.00469 e. The van der Waals surface area contributed by atoms with Crippen LogP contribution in [0, 0.1) is 11.3 Å². The normalized spacial score (nSPS) is 12.9. The molecule has 0 unspecified atom stereocenters. The molecule has 14 heavy (non-hydrogen) atoms. The quantitative estimate of drug-likeness (QED) is 0.683. The highest BCUT2D eigenvalue weighted by Crippen LogP contribution is 2.25. The number of hydrogen-bond donors (Lipinski definition) is 1. The zero-order chi connectivity index (χ0) is 11.2. The summed E-state index contributed by atoms with van der Waals surface area (Å²) in [6, 6.07) is 0. The van der Waals surface area contributed by atoms with Crippen LogP contribution >= 0.6 is 0 Å². The fraction of sp³-hybridized carbons (Fsp3) is 1.00. The van der Waals surface area contributed by atoms with Crippen molar-refractivity contribution in [3.8, 4) is 0 Å². The van der Waals surface area contributed by atoms with Crippen LogP contribution in [0.4, 0.5) is 0 Å². The van der Waals surface area contributed by atoms with Gasteiger partial charge in [0, 0.05) is 13.1 Å². The molecule has 0 spiro atoms. The highest BCUT2D eigenvalue weighted by atomic mass is 15.1. The molecule has 0 rings (SSSR count). The minimum Gasteiger partial charge on any atom is -0.330 e. The Morgan fingerprint density at radius 2 is 1.71 bits per heavy atom. The molecule has 0 aliphatic rings. The molecule has 0 heterocycles. The standard InChI is InChI=1S/C12H28N2/c1-6-12(7-2,9-13)10-14(5)8-11(3)4/h11H,6-10,13H2,1-5H3. The summed E-state index contributed by atoms with van der Waals surface area (Å²) >= 11 is 0. The number of nitrogens with zero attached hydrogens (tertiary/aromatic N) is 1. The average molecular weight is 200 g/mol. The lowest BCUT2D eigenvalue weighted by Crippen LogP contribution is -2.41. The number of hydrogen-bond acceptors (Lipinski definition) is 2. The van der Waals surface area contributed by atoms with Crippen molar-refractivity contribution in [2.75, 3.05) is 26.7 Å². The molecule has 0 aromatic carbocycles. The lowest BCUT2D eigenvalue weighted by Gasteiger charge is -2.35. The van der Waals surface area contributed by atoms with E-state index >= 15 is 0 Å². The van der Waals surface area contributed by atoms with Crippen LogP contribution in [-0.4, -0.2) is 31.6 Å². The van der Waals surface area contributed by atoms with Crippen molar-refractivity contribution in [3.63, 3.8) is 0 Å². The van der Waals surface area contributed by atoms with E-state index in [4.69, 9.17) is 5.73 Å². The van der Waals surface area contributed by atoms with Crippen LogP contribution in [0.2, 0.25) is 0 Å². The molecule has 0 atom stereocenters. The van der Waals surface area contributed by atoms with E-state index in [-0.39, 0.29) is 0 Å². The van der Waals surface area contributed by atoms with Gasteiger partial charge in [0.2, 0.25) is 0 Å². The predicted molar refractivity (Wildman–Crippen MR) is 64.4 cm³/mol. The molecule has 0 fully saturated rings. The lowest BCUT2D eigenvalue weighted by atomic mass is 9.82. The molecule has 2 heteroatoms. The number of nitrogens with two attached hydrogens (primary N) is 1. The van der Waals surface area contributed by atoms with Crippen LogP contribution in [0.25, 0.3) is 0 Å². The molecule has 2 nitrogen and oxygen atoms in total. The highest BCUT2D eigenvalue weighted by molar-refractivity contribution is 4.80. The van der Waals surface area contributed by atoms with Gasteiger partial charge in [-0.3, -0.25) is 0 Å². The van der Waals surface area contributed by atoms with Gasteiger partial charge < -0.3 is 10.6 Å². The molecule has 86 valence electrons. The van der Waals surface area contributed by atoms with Gasteiger partial charge in [-0.1, -0.05) is 27.7 Å². The monoisotopic (exact) mass is 200 g/mol. The predicted octanol–water partition coefficient (Wildman–Crippen LogP) is 2.34. The Morgan fingerprint density at radius 1 is 1.21 bits per heavy atom. The summed E-state index contributed by atoms with van der Waals surface area (Å²) in [6.07, 6.45) is 2.37. The third-order valence-corrected chi connectivity index (χ3v) is 3.22. The summed E-state index contributed by atoms with van der Waals surface area (Å²) in [5.41, 5.74) is 6.22. The Hall–Kier alpha value is -0.0800. The van der Waals surface area contributed by atoms with Crippen LogP contribution in [0.1, 0.15) is 40.5 Å². The molecule has 0 aliphatic heterocycles. The number of rotatable bonds is 7. The molecule has 0 aliphatic carbocycles. The molecule has 0 saturated heterocycles. The van der Waals surface area contributed by atoms with Gasteiger partial charge in [0.1, 0.15) is 0 Å². The first-order valence-electron chi connectivity index (χ1n) is 5.88. The Labute approximate surface area is 89.9 Å². The molecule has 0 saturated carbocycles. The largest absolute Gasteiger partial charge is 0.330 e. The first kappa shape index (κ1) is 13.9. The molecule has 0 aromatic rings. The van der Waals surface area contributed by atoms with Gasteiger partial charge in [-0.25, -0.2) is 0 Å². The zero-order valence-electron chi connectivity index (χ0n) is 10.6. The van der Waals surface area contributed by atoms with Gasteiger partial charge in [-0.05, 0) is 37.8 Å². The van der Waals surface area contributed by atoms with E-state index in [1.54, 1.807) is 0 Å². The van der Waals surface area contributed by atoms with Crippen LogP contribution < -0.4 is 5.73 Å². The first-order valence-corrected chi connectivity index (χ1v) is 5.88. The Kier molecular flexibility index (Phi) is 6.38. The summed E-state index contributed by atoms with van der Waals surface area (Å²) in [5, 5.41) is 0. The fourth-order valence-corrected chi connectivity index (χ4v) is 2.09. The second-order valence-electron chi connectivity index (χ2n) is 5.00. The van der Waals surface area contributed by atoms with Crippen molar-refractivity contribution in [1.29, 1.82) is 0 Å². The van der Waals surface area contributed by atoms with Crippen molar-refractivity contribution in [2.45, 2.75) is 40.5 Å². The van der Waals surface area contributed by atoms with Gasteiger partial charge in [-0.2, -0.15) is 0 Å². The van der Waals surface area contributed by atoms with Gasteiger partial charge in [0.05, 0.1) is 0 Å². The SMILES string of the molecule is CCC(CC)(CN)CN(C)CC(C)C. The summed E-state index contributed by atoms with van der Waals surface area (Å²) in [4.78, 5) is 2.42. The summed E-state index contributed by atoms with van der Waals surface area (Å²) in [6.45, 7) is 12.1. The van der Waals surface area contributed by atoms with Crippen molar-refractivity contribution < 1.29 is 0 Å². The van der Waals surface area contributed by atoms with E-state index in [9.17, 15) is 0 Å². The van der Waals surface area contributed by atoms with E-state index in [0.717, 1.165) is 19.0 Å². The van der Waals surface area contributed by atoms with E-state index in [1.807, 2.05) is 0 Å². The Morgan fingerprint density at radius 3 is 2.00 bits per heavy atom. The van der Waals surface area contributed by atoms with Gasteiger partial charge in [-0.15, -0.1) is 0 Å². The van der Waals surface area contributed by atoms with Crippen LogP contribution in [0.5, 0.6) is 0 Å². The molecule has 2 N–H and O–H groups in total. The molecular weight excluding hydrogens is 172 g/mol. The second kappa shape index (κ2) is 6.41. The molecule has 0 aromatic heterocycles. The minimum atomic E-state index is 0.337. The third kappa shape index (κ3) is 4.43. The molecule has 0 radical (unpaired) electrons. The van der Waals surface area contributed by atoms with Gasteiger partial charge in [0.15, 0.2) is 0 Å². The zero-order valence-corrected chi connectivity index (χ0v) is 10.6. The molecular formula is C12H28N2. The van der Waals surface area contributed by atoms with E-state index in [1.165, 1.54) is 19.4 Å². The van der Waals surface area contributed by atoms with Crippen molar-refractivity contribution in [2.24, 2.45) is 17.1 Å². The summed E-state index contributed by atoms with van der Waals surface area (Å²) in [7, 11) is 2.20. The summed E-state index contributed by atoms with van der Waals surface area (Å²) < 4.78 is 0. The topological polar surface area (TPSA) is 29.3 Å². The average Bonchev–Trinajstić information content (AvgIpc) is 2.13. The molecule has 0 amide bonds. The second-order valence-corrected chi connectivity index (χ2v) is 5.00. The van der Waals surface area contributed by atoms with E-state index in [0.29, 0.717) is 5.41 Å². The Balaban J connectivity index is 4.15. The van der Waals surface area contributed by atoms with Crippen molar-refractivity contribution in [3.05, 3.63) is 0 Å². The fourth-order valence-electron chi connectivity index (χ4n) is 2.09. The Bertz CT molecular complexity index is 131. The van der Waals surface area contributed by atoms with Crippen LogP contribution in [-0.2, 0) is 0 Å². The first-order chi connectivity index (χ1) is 6.49. The van der Waals surface area contributed by atoms with E-state index in [2.05, 4.69) is 39.6 Å². The minimum absolute atomic E-state index is 0.337. The maximum atomic E-state index is 5.88. The third-order valence-electron chi connectivity index (χ3n) is 3.22. The maximum absolute atomic E-state index is 5.88. The highest BCUT2D eigenvalue weighted by Gasteiger charge is 2.25. The molecule has 0 bridgehead atoms. The van der Waals surface area contributed by atoms with Gasteiger partial charge in [0.25, 0.3) is 0 Å². The van der Waals surface area contributed by atoms with Gasteiger partial charge >= 0.3 is 0 Å². The van der Waals surface area contributed by atoms with Crippen molar-refractivity contribution in [1.82, 2.24) is 4.90 Å². The van der Waals surface area contributed by atoms with Crippen LogP contribution in [0.3, 0.4) is 0 Å². The lowest BCUT2D eigenvalue weighted by molar-refractivity contribution is 0.156.